The Labute approximate surface area is 128 Å². The lowest BCUT2D eigenvalue weighted by Crippen LogP contribution is -2.24. The second-order valence-electron chi connectivity index (χ2n) is 4.79. The van der Waals surface area contributed by atoms with Gasteiger partial charge in [0, 0.05) is 26.0 Å². The molecule has 0 saturated heterocycles. The number of rotatable bonds is 5. The summed E-state index contributed by atoms with van der Waals surface area (Å²) in [5, 5.41) is 18.0. The number of carboxylic acid groups (broad SMARTS) is 2. The van der Waals surface area contributed by atoms with E-state index >= 15 is 0 Å². The summed E-state index contributed by atoms with van der Waals surface area (Å²) in [6, 6.07) is 4.23. The van der Waals surface area contributed by atoms with Crippen molar-refractivity contribution in [1.82, 2.24) is 9.80 Å². The number of aromatic carboxylic acids is 2. The molecule has 0 aliphatic carbocycles. The van der Waals surface area contributed by atoms with Crippen LogP contribution in [0.15, 0.2) is 30.6 Å². The molecule has 6 nitrogen and oxygen atoms in total. The summed E-state index contributed by atoms with van der Waals surface area (Å²) in [5.41, 5.74) is 0.730. The number of nitrogens with zero attached hydrogens (tertiary/aromatic N) is 2. The minimum Gasteiger partial charge on any atom is -0.478 e. The fourth-order valence-electron chi connectivity index (χ4n) is 2.09. The summed E-state index contributed by atoms with van der Waals surface area (Å²) >= 11 is 0. The monoisotopic (exact) mass is 312 g/mol. The van der Waals surface area contributed by atoms with Crippen LogP contribution in [0.25, 0.3) is 0 Å². The normalized spacial score (nSPS) is 13.2. The van der Waals surface area contributed by atoms with Crippen molar-refractivity contribution in [2.75, 3.05) is 20.3 Å². The standard InChI is InChI=1S/C14H16N2O4.ClH/c1-15-4-5-16(9-15)3-2-10-6-11(13(17)18)8-12(7-10)14(19)20;/h4-8H,2-3,9H2,1H3,(H,17,18)(H,19,20);1H. The zero-order valence-electron chi connectivity index (χ0n) is 11.5. The molecular weight excluding hydrogens is 296 g/mol. The van der Waals surface area contributed by atoms with Gasteiger partial charge < -0.3 is 20.0 Å². The molecule has 0 spiro atoms. The van der Waals surface area contributed by atoms with Crippen molar-refractivity contribution in [2.24, 2.45) is 0 Å². The molecule has 1 heterocycles. The van der Waals surface area contributed by atoms with E-state index in [0.717, 1.165) is 6.67 Å². The maximum atomic E-state index is 11.0. The number of benzene rings is 1. The van der Waals surface area contributed by atoms with Gasteiger partial charge in [0.15, 0.2) is 0 Å². The Morgan fingerprint density at radius 1 is 1.10 bits per heavy atom. The lowest BCUT2D eigenvalue weighted by Gasteiger charge is -2.18. The van der Waals surface area contributed by atoms with E-state index in [9.17, 15) is 9.59 Å². The van der Waals surface area contributed by atoms with Gasteiger partial charge in [0.05, 0.1) is 17.8 Å². The van der Waals surface area contributed by atoms with Crippen LogP contribution in [-0.2, 0) is 6.42 Å². The lowest BCUT2D eigenvalue weighted by molar-refractivity contribution is 0.0696. The topological polar surface area (TPSA) is 81.1 Å². The third-order valence-electron chi connectivity index (χ3n) is 3.11. The minimum absolute atomic E-state index is 0. The summed E-state index contributed by atoms with van der Waals surface area (Å²) in [6.45, 7) is 1.49. The predicted octanol–water partition coefficient (Wildman–Crippen LogP) is 1.72. The number of hydrogen-bond acceptors (Lipinski definition) is 4. The van der Waals surface area contributed by atoms with Crippen molar-refractivity contribution in [2.45, 2.75) is 6.42 Å². The van der Waals surface area contributed by atoms with Gasteiger partial charge in [-0.25, -0.2) is 9.59 Å². The van der Waals surface area contributed by atoms with Crippen LogP contribution in [0, 0.1) is 0 Å². The van der Waals surface area contributed by atoms with Gasteiger partial charge in [-0.05, 0) is 30.2 Å². The van der Waals surface area contributed by atoms with E-state index in [4.69, 9.17) is 10.2 Å². The van der Waals surface area contributed by atoms with Crippen LogP contribution in [0.4, 0.5) is 0 Å². The van der Waals surface area contributed by atoms with Crippen molar-refractivity contribution in [3.05, 3.63) is 47.3 Å². The largest absolute Gasteiger partial charge is 0.478 e. The molecule has 1 aromatic rings. The van der Waals surface area contributed by atoms with Gasteiger partial charge in [-0.15, -0.1) is 12.4 Å². The number of hydrogen-bond donors (Lipinski definition) is 2. The summed E-state index contributed by atoms with van der Waals surface area (Å²) in [7, 11) is 1.96. The first kappa shape index (κ1) is 16.8. The van der Waals surface area contributed by atoms with Gasteiger partial charge in [-0.2, -0.15) is 0 Å². The zero-order valence-corrected chi connectivity index (χ0v) is 12.3. The maximum Gasteiger partial charge on any atom is 0.335 e. The molecule has 0 fully saturated rings. The second kappa shape index (κ2) is 6.99. The lowest BCUT2D eigenvalue weighted by atomic mass is 10.0. The first-order valence-corrected chi connectivity index (χ1v) is 6.19. The van der Waals surface area contributed by atoms with Gasteiger partial charge in [0.25, 0.3) is 0 Å². The Kier molecular flexibility index (Phi) is 5.60. The van der Waals surface area contributed by atoms with E-state index in [0.29, 0.717) is 18.5 Å². The Morgan fingerprint density at radius 2 is 1.67 bits per heavy atom. The molecule has 21 heavy (non-hydrogen) atoms. The smallest absolute Gasteiger partial charge is 0.335 e. The van der Waals surface area contributed by atoms with Crippen molar-refractivity contribution < 1.29 is 19.8 Å². The zero-order chi connectivity index (χ0) is 14.7. The quantitative estimate of drug-likeness (QED) is 0.861. The van der Waals surface area contributed by atoms with Crippen LogP contribution >= 0.6 is 12.4 Å². The van der Waals surface area contributed by atoms with Crippen LogP contribution in [0.1, 0.15) is 26.3 Å². The number of carboxylic acids is 2. The van der Waals surface area contributed by atoms with Crippen LogP contribution in [-0.4, -0.2) is 52.2 Å². The molecule has 1 aliphatic rings. The third-order valence-corrected chi connectivity index (χ3v) is 3.11. The molecule has 2 N–H and O–H groups in total. The molecule has 1 aromatic carbocycles. The highest BCUT2D eigenvalue weighted by molar-refractivity contribution is 5.94. The van der Waals surface area contributed by atoms with Gasteiger partial charge in [0.2, 0.25) is 0 Å². The van der Waals surface area contributed by atoms with Crippen molar-refractivity contribution in [1.29, 1.82) is 0 Å². The molecule has 0 atom stereocenters. The van der Waals surface area contributed by atoms with Gasteiger partial charge in [-0.3, -0.25) is 0 Å². The highest BCUT2D eigenvalue weighted by Crippen LogP contribution is 2.13. The highest BCUT2D eigenvalue weighted by atomic mass is 35.5. The minimum atomic E-state index is -1.12. The van der Waals surface area contributed by atoms with Crippen molar-refractivity contribution >= 4 is 24.3 Å². The average molecular weight is 313 g/mol. The summed E-state index contributed by atoms with van der Waals surface area (Å²) in [6.07, 6.45) is 4.51. The number of carbonyl (C=O) groups is 2. The third kappa shape index (κ3) is 4.39. The van der Waals surface area contributed by atoms with Crippen molar-refractivity contribution in [3.8, 4) is 0 Å². The van der Waals surface area contributed by atoms with E-state index in [1.165, 1.54) is 18.2 Å². The molecule has 0 amide bonds. The molecule has 0 radical (unpaired) electrons. The molecule has 1 aliphatic heterocycles. The molecule has 2 rings (SSSR count). The van der Waals surface area contributed by atoms with E-state index in [2.05, 4.69) is 4.90 Å². The molecule has 114 valence electrons. The van der Waals surface area contributed by atoms with Crippen LogP contribution in [0.5, 0.6) is 0 Å². The van der Waals surface area contributed by atoms with Crippen LogP contribution < -0.4 is 0 Å². The van der Waals surface area contributed by atoms with Gasteiger partial charge >= 0.3 is 11.9 Å². The molecule has 0 unspecified atom stereocenters. The second-order valence-corrected chi connectivity index (χ2v) is 4.79. The summed E-state index contributed by atoms with van der Waals surface area (Å²) < 4.78 is 0. The first-order valence-electron chi connectivity index (χ1n) is 6.19. The SMILES string of the molecule is CN1C=CN(CCc2cc(C(=O)O)cc(C(=O)O)c2)C1.Cl. The molecule has 0 bridgehead atoms. The van der Waals surface area contributed by atoms with Crippen LogP contribution in [0.3, 0.4) is 0 Å². The molecular formula is C14H17ClN2O4. The predicted molar refractivity (Wildman–Crippen MR) is 79.8 cm³/mol. The first-order chi connectivity index (χ1) is 9.45. The summed E-state index contributed by atoms with van der Waals surface area (Å²) in [5.74, 6) is -2.23. The van der Waals surface area contributed by atoms with Crippen LogP contribution in [0.2, 0.25) is 0 Å². The molecule has 0 saturated carbocycles. The van der Waals surface area contributed by atoms with Gasteiger partial charge in [0.1, 0.15) is 0 Å². The Morgan fingerprint density at radius 3 is 2.10 bits per heavy atom. The molecule has 0 aromatic heterocycles. The van der Waals surface area contributed by atoms with E-state index in [1.807, 2.05) is 24.3 Å². The van der Waals surface area contributed by atoms with E-state index in [-0.39, 0.29) is 23.5 Å². The fourth-order valence-corrected chi connectivity index (χ4v) is 2.09. The van der Waals surface area contributed by atoms with E-state index in [1.54, 1.807) is 0 Å². The molecule has 7 heteroatoms. The number of halogens is 1. The van der Waals surface area contributed by atoms with Crippen molar-refractivity contribution in [3.63, 3.8) is 0 Å². The Hall–Kier alpha value is -2.21. The highest BCUT2D eigenvalue weighted by Gasteiger charge is 2.13. The fraction of sp³-hybridized carbons (Fsp3) is 0.286. The van der Waals surface area contributed by atoms with Gasteiger partial charge in [-0.1, -0.05) is 0 Å². The summed E-state index contributed by atoms with van der Waals surface area (Å²) in [4.78, 5) is 26.1. The Bertz CT molecular complexity index is 542. The maximum absolute atomic E-state index is 11.0. The Balaban J connectivity index is 0.00000220. The average Bonchev–Trinajstić information content (AvgIpc) is 2.81. The van der Waals surface area contributed by atoms with E-state index < -0.39 is 11.9 Å².